The molecule has 0 aliphatic carbocycles. The molecule has 1 fully saturated rings. The minimum atomic E-state index is -0.333. The highest BCUT2D eigenvalue weighted by Gasteiger charge is 2.46. The van der Waals surface area contributed by atoms with Crippen molar-refractivity contribution < 1.29 is 9.47 Å². The van der Waals surface area contributed by atoms with Gasteiger partial charge in [0.1, 0.15) is 0 Å². The van der Waals surface area contributed by atoms with E-state index in [1.165, 1.54) is 0 Å². The lowest BCUT2D eigenvalue weighted by Crippen LogP contribution is -2.51. The minimum Gasteiger partial charge on any atom is -0.349 e. The first-order valence-corrected chi connectivity index (χ1v) is 5.36. The molecule has 0 unspecified atom stereocenters. The first-order chi connectivity index (χ1) is 6.08. The van der Waals surface area contributed by atoms with Crippen molar-refractivity contribution in [3.05, 3.63) is 0 Å². The molecule has 0 saturated carbocycles. The van der Waals surface area contributed by atoms with Gasteiger partial charge in [-0.3, -0.25) is 0 Å². The first-order valence-electron chi connectivity index (χ1n) is 5.36. The molecule has 0 N–H and O–H groups in total. The van der Waals surface area contributed by atoms with Crippen molar-refractivity contribution in [2.24, 2.45) is 5.41 Å². The van der Waals surface area contributed by atoms with Gasteiger partial charge in [-0.1, -0.05) is 27.7 Å². The molecule has 1 heterocycles. The van der Waals surface area contributed by atoms with Crippen molar-refractivity contribution in [1.29, 1.82) is 0 Å². The summed E-state index contributed by atoms with van der Waals surface area (Å²) < 4.78 is 11.7. The van der Waals surface area contributed by atoms with Gasteiger partial charge in [-0.15, -0.1) is 0 Å². The highest BCUT2D eigenvalue weighted by molar-refractivity contribution is 4.87. The summed E-state index contributed by atoms with van der Waals surface area (Å²) in [6, 6.07) is 0. The van der Waals surface area contributed by atoms with Gasteiger partial charge >= 0.3 is 0 Å². The summed E-state index contributed by atoms with van der Waals surface area (Å²) in [7, 11) is 0. The Bertz CT molecular complexity index is 157. The van der Waals surface area contributed by atoms with Crippen LogP contribution < -0.4 is 0 Å². The largest absolute Gasteiger partial charge is 0.349 e. The van der Waals surface area contributed by atoms with Crippen LogP contribution in [0.1, 0.15) is 47.0 Å². The van der Waals surface area contributed by atoms with Crippen LogP contribution in [0.3, 0.4) is 0 Å². The molecule has 0 atom stereocenters. The van der Waals surface area contributed by atoms with Crippen molar-refractivity contribution in [3.63, 3.8) is 0 Å². The van der Waals surface area contributed by atoms with E-state index in [-0.39, 0.29) is 11.2 Å². The van der Waals surface area contributed by atoms with Crippen LogP contribution in [0.15, 0.2) is 0 Å². The van der Waals surface area contributed by atoms with Crippen LogP contribution in [0.25, 0.3) is 0 Å². The van der Waals surface area contributed by atoms with Gasteiger partial charge in [0.05, 0.1) is 13.2 Å². The zero-order valence-electron chi connectivity index (χ0n) is 9.35. The zero-order chi connectivity index (χ0) is 9.95. The molecule has 0 radical (unpaired) electrons. The Morgan fingerprint density at radius 3 is 2.08 bits per heavy atom. The highest BCUT2D eigenvalue weighted by atomic mass is 16.7. The fourth-order valence-corrected chi connectivity index (χ4v) is 1.92. The summed E-state index contributed by atoms with van der Waals surface area (Å²) in [5.41, 5.74) is 0.113. The molecule has 78 valence electrons. The van der Waals surface area contributed by atoms with Crippen LogP contribution in [0, 0.1) is 5.41 Å². The standard InChI is InChI=1S/C11H22O2/c1-5-10(3,4)11(6-2)12-8-7-9-13-11/h5-9H2,1-4H3. The van der Waals surface area contributed by atoms with Gasteiger partial charge in [0, 0.05) is 5.41 Å². The normalized spacial score (nSPS) is 23.1. The van der Waals surface area contributed by atoms with Crippen molar-refractivity contribution in [2.75, 3.05) is 13.2 Å². The highest BCUT2D eigenvalue weighted by Crippen LogP contribution is 2.42. The van der Waals surface area contributed by atoms with E-state index >= 15 is 0 Å². The molecule has 0 aromatic rings. The molecule has 1 saturated heterocycles. The number of hydrogen-bond acceptors (Lipinski definition) is 2. The van der Waals surface area contributed by atoms with Gasteiger partial charge < -0.3 is 9.47 Å². The van der Waals surface area contributed by atoms with Crippen molar-refractivity contribution in [2.45, 2.75) is 52.7 Å². The maximum Gasteiger partial charge on any atom is 0.172 e. The fraction of sp³-hybridized carbons (Fsp3) is 1.00. The van der Waals surface area contributed by atoms with Crippen molar-refractivity contribution >= 4 is 0 Å². The second-order valence-electron chi connectivity index (χ2n) is 4.39. The van der Waals surface area contributed by atoms with Gasteiger partial charge in [-0.05, 0) is 19.3 Å². The van der Waals surface area contributed by atoms with E-state index in [0.29, 0.717) is 0 Å². The van der Waals surface area contributed by atoms with Crippen LogP contribution in [0.2, 0.25) is 0 Å². The van der Waals surface area contributed by atoms with Crippen molar-refractivity contribution in [1.82, 2.24) is 0 Å². The first kappa shape index (κ1) is 11.0. The lowest BCUT2D eigenvalue weighted by atomic mass is 9.78. The van der Waals surface area contributed by atoms with Crippen molar-refractivity contribution in [3.8, 4) is 0 Å². The van der Waals surface area contributed by atoms with Gasteiger partial charge in [0.2, 0.25) is 0 Å². The lowest BCUT2D eigenvalue weighted by Gasteiger charge is -2.47. The molecule has 0 bridgehead atoms. The summed E-state index contributed by atoms with van der Waals surface area (Å²) in [5, 5.41) is 0. The Morgan fingerprint density at radius 1 is 1.15 bits per heavy atom. The Labute approximate surface area is 81.6 Å². The summed E-state index contributed by atoms with van der Waals surface area (Å²) >= 11 is 0. The smallest absolute Gasteiger partial charge is 0.172 e. The molecule has 0 aromatic carbocycles. The third kappa shape index (κ3) is 1.89. The Kier molecular flexibility index (Phi) is 3.36. The average Bonchev–Trinajstić information content (AvgIpc) is 2.18. The van der Waals surface area contributed by atoms with E-state index in [1.54, 1.807) is 0 Å². The molecular formula is C11H22O2. The second-order valence-corrected chi connectivity index (χ2v) is 4.39. The quantitative estimate of drug-likeness (QED) is 0.674. The van der Waals surface area contributed by atoms with Crippen LogP contribution >= 0.6 is 0 Å². The predicted molar refractivity (Wildman–Crippen MR) is 53.6 cm³/mol. The number of rotatable bonds is 3. The van der Waals surface area contributed by atoms with Gasteiger partial charge in [0.25, 0.3) is 0 Å². The summed E-state index contributed by atoms with van der Waals surface area (Å²) in [6.07, 6.45) is 3.05. The maximum absolute atomic E-state index is 5.85. The lowest BCUT2D eigenvalue weighted by molar-refractivity contribution is -0.319. The molecule has 1 rings (SSSR count). The van der Waals surface area contributed by atoms with E-state index in [9.17, 15) is 0 Å². The molecule has 1 aliphatic rings. The second kappa shape index (κ2) is 3.97. The molecule has 2 nitrogen and oxygen atoms in total. The monoisotopic (exact) mass is 186 g/mol. The fourth-order valence-electron chi connectivity index (χ4n) is 1.92. The van der Waals surface area contributed by atoms with Gasteiger partial charge in [0.15, 0.2) is 5.79 Å². The predicted octanol–water partition coefficient (Wildman–Crippen LogP) is 2.97. The average molecular weight is 186 g/mol. The van der Waals surface area contributed by atoms with Gasteiger partial charge in [-0.25, -0.2) is 0 Å². The van der Waals surface area contributed by atoms with E-state index < -0.39 is 0 Å². The minimum absolute atomic E-state index is 0.113. The molecule has 13 heavy (non-hydrogen) atoms. The molecule has 0 amide bonds. The third-order valence-corrected chi connectivity index (χ3v) is 3.34. The molecule has 0 spiro atoms. The maximum atomic E-state index is 5.85. The number of ether oxygens (including phenoxy) is 2. The summed E-state index contributed by atoms with van der Waals surface area (Å²) in [5.74, 6) is -0.333. The van der Waals surface area contributed by atoms with Crippen LogP contribution in [-0.4, -0.2) is 19.0 Å². The molecular weight excluding hydrogens is 164 g/mol. The molecule has 1 aliphatic heterocycles. The Hall–Kier alpha value is -0.0800. The number of hydrogen-bond donors (Lipinski definition) is 0. The topological polar surface area (TPSA) is 18.5 Å². The van der Waals surface area contributed by atoms with E-state index in [4.69, 9.17) is 9.47 Å². The van der Waals surface area contributed by atoms with E-state index in [1.807, 2.05) is 0 Å². The van der Waals surface area contributed by atoms with E-state index in [0.717, 1.165) is 32.5 Å². The third-order valence-electron chi connectivity index (χ3n) is 3.34. The van der Waals surface area contributed by atoms with Gasteiger partial charge in [-0.2, -0.15) is 0 Å². The zero-order valence-corrected chi connectivity index (χ0v) is 9.35. The summed E-state index contributed by atoms with van der Waals surface area (Å²) in [6.45, 7) is 10.5. The van der Waals surface area contributed by atoms with Crippen LogP contribution in [0.4, 0.5) is 0 Å². The van der Waals surface area contributed by atoms with Crippen LogP contribution in [0.5, 0.6) is 0 Å². The Balaban J connectivity index is 2.78. The molecule has 0 aromatic heterocycles. The SMILES string of the molecule is CCC(C)(C)C1(CC)OCCCO1. The van der Waals surface area contributed by atoms with E-state index in [2.05, 4.69) is 27.7 Å². The Morgan fingerprint density at radius 2 is 1.69 bits per heavy atom. The molecule has 2 heteroatoms. The van der Waals surface area contributed by atoms with Crippen LogP contribution in [-0.2, 0) is 9.47 Å². The summed E-state index contributed by atoms with van der Waals surface area (Å²) in [4.78, 5) is 0.